The first-order valence-electron chi connectivity index (χ1n) is 7.39. The van der Waals surface area contributed by atoms with Crippen molar-refractivity contribution in [2.24, 2.45) is 4.99 Å². The summed E-state index contributed by atoms with van der Waals surface area (Å²) in [6.45, 7) is 5.64. The topological polar surface area (TPSA) is 52.6 Å². The van der Waals surface area contributed by atoms with Gasteiger partial charge in [0.15, 0.2) is 5.96 Å². The number of aromatic nitrogens is 1. The van der Waals surface area contributed by atoms with Crippen LogP contribution in [-0.2, 0) is 6.42 Å². The number of hydrogen-bond acceptors (Lipinski definition) is 3. The molecule has 0 atom stereocenters. The molecule has 21 heavy (non-hydrogen) atoms. The molecule has 0 saturated carbocycles. The van der Waals surface area contributed by atoms with Gasteiger partial charge in [0.25, 0.3) is 0 Å². The van der Waals surface area contributed by atoms with Crippen LogP contribution in [-0.4, -0.2) is 56.1 Å². The van der Waals surface area contributed by atoms with Gasteiger partial charge in [-0.15, -0.1) is 0 Å². The maximum atomic E-state index is 5.77. The van der Waals surface area contributed by atoms with Crippen LogP contribution in [0.1, 0.15) is 18.9 Å². The third-order valence-corrected chi connectivity index (χ3v) is 3.10. The second-order valence-electron chi connectivity index (χ2n) is 5.08. The van der Waals surface area contributed by atoms with Gasteiger partial charge >= 0.3 is 0 Å². The molecule has 2 N–H and O–H groups in total. The quantitative estimate of drug-likeness (QED) is 0.333. The molecule has 0 bridgehead atoms. The summed E-state index contributed by atoms with van der Waals surface area (Å²) in [7, 11) is 4.15. The zero-order chi connectivity index (χ0) is 15.5. The SMILES string of the molecule is CCNC(=NCCCN(C)C)NCCc1ccc(Cl)nc1. The highest BCUT2D eigenvalue weighted by atomic mass is 35.5. The Kier molecular flexibility index (Phi) is 8.78. The van der Waals surface area contributed by atoms with Crippen LogP contribution < -0.4 is 10.6 Å². The molecular weight excluding hydrogens is 286 g/mol. The van der Waals surface area contributed by atoms with Gasteiger partial charge in [-0.2, -0.15) is 0 Å². The summed E-state index contributed by atoms with van der Waals surface area (Å²) >= 11 is 5.77. The molecule has 0 amide bonds. The van der Waals surface area contributed by atoms with Crippen LogP contribution in [0.25, 0.3) is 0 Å². The Morgan fingerprint density at radius 3 is 2.76 bits per heavy atom. The molecule has 0 unspecified atom stereocenters. The van der Waals surface area contributed by atoms with Gasteiger partial charge in [-0.1, -0.05) is 17.7 Å². The molecule has 1 rings (SSSR count). The van der Waals surface area contributed by atoms with E-state index in [2.05, 4.69) is 46.5 Å². The van der Waals surface area contributed by atoms with Crippen LogP contribution in [0.3, 0.4) is 0 Å². The fraction of sp³-hybridized carbons (Fsp3) is 0.600. The van der Waals surface area contributed by atoms with E-state index in [4.69, 9.17) is 11.6 Å². The van der Waals surface area contributed by atoms with Gasteiger partial charge in [-0.25, -0.2) is 4.98 Å². The summed E-state index contributed by atoms with van der Waals surface area (Å²) in [6, 6.07) is 3.82. The van der Waals surface area contributed by atoms with E-state index < -0.39 is 0 Å². The smallest absolute Gasteiger partial charge is 0.191 e. The van der Waals surface area contributed by atoms with Gasteiger partial charge < -0.3 is 15.5 Å². The van der Waals surface area contributed by atoms with Crippen molar-refractivity contribution in [3.63, 3.8) is 0 Å². The summed E-state index contributed by atoms with van der Waals surface area (Å²) in [5.41, 5.74) is 1.16. The maximum Gasteiger partial charge on any atom is 0.191 e. The van der Waals surface area contributed by atoms with Crippen molar-refractivity contribution in [3.05, 3.63) is 29.0 Å². The molecule has 118 valence electrons. The molecular formula is C15H26ClN5. The van der Waals surface area contributed by atoms with Crippen LogP contribution in [0, 0.1) is 0 Å². The second kappa shape index (κ2) is 10.4. The number of hydrogen-bond donors (Lipinski definition) is 2. The third-order valence-electron chi connectivity index (χ3n) is 2.87. The number of nitrogens with one attached hydrogen (secondary N) is 2. The molecule has 0 aliphatic heterocycles. The van der Waals surface area contributed by atoms with Crippen molar-refractivity contribution < 1.29 is 0 Å². The van der Waals surface area contributed by atoms with Gasteiger partial charge in [0, 0.05) is 25.8 Å². The van der Waals surface area contributed by atoms with Crippen molar-refractivity contribution in [2.45, 2.75) is 19.8 Å². The van der Waals surface area contributed by atoms with Gasteiger partial charge in [0.05, 0.1) is 0 Å². The zero-order valence-corrected chi connectivity index (χ0v) is 14.0. The Bertz CT molecular complexity index is 417. The number of guanidine groups is 1. The Labute approximate surface area is 132 Å². The highest BCUT2D eigenvalue weighted by molar-refractivity contribution is 6.29. The van der Waals surface area contributed by atoms with E-state index in [0.717, 1.165) is 50.5 Å². The van der Waals surface area contributed by atoms with E-state index in [9.17, 15) is 0 Å². The highest BCUT2D eigenvalue weighted by Gasteiger charge is 1.98. The monoisotopic (exact) mass is 311 g/mol. The van der Waals surface area contributed by atoms with E-state index in [0.29, 0.717) is 5.15 Å². The van der Waals surface area contributed by atoms with Crippen LogP contribution >= 0.6 is 11.6 Å². The summed E-state index contributed by atoms with van der Waals surface area (Å²) in [4.78, 5) is 10.8. The van der Waals surface area contributed by atoms with Gasteiger partial charge in [-0.05, 0) is 52.0 Å². The number of rotatable bonds is 8. The van der Waals surface area contributed by atoms with E-state index in [1.165, 1.54) is 0 Å². The number of nitrogens with zero attached hydrogens (tertiary/aromatic N) is 3. The first kappa shape index (κ1) is 17.7. The molecule has 1 aromatic rings. The minimum absolute atomic E-state index is 0.530. The summed E-state index contributed by atoms with van der Waals surface area (Å²) in [5.74, 6) is 0.873. The fourth-order valence-electron chi connectivity index (χ4n) is 1.80. The lowest BCUT2D eigenvalue weighted by Gasteiger charge is -2.12. The minimum atomic E-state index is 0.530. The van der Waals surface area contributed by atoms with E-state index in [1.807, 2.05) is 18.3 Å². The average Bonchev–Trinajstić information content (AvgIpc) is 2.45. The molecule has 0 radical (unpaired) electrons. The van der Waals surface area contributed by atoms with E-state index in [-0.39, 0.29) is 0 Å². The third kappa shape index (κ3) is 8.52. The maximum absolute atomic E-state index is 5.77. The Morgan fingerprint density at radius 2 is 2.14 bits per heavy atom. The lowest BCUT2D eigenvalue weighted by atomic mass is 10.2. The standard InChI is InChI=1S/C15H26ClN5/c1-4-17-15(18-9-5-11-21(2)3)19-10-8-13-6-7-14(16)20-12-13/h6-7,12H,4-5,8-11H2,1-3H3,(H2,17,18,19). The number of aliphatic imine (C=N–C) groups is 1. The van der Waals surface area contributed by atoms with Gasteiger partial charge in [0.2, 0.25) is 0 Å². The Hall–Kier alpha value is -1.33. The largest absolute Gasteiger partial charge is 0.357 e. The first-order valence-corrected chi connectivity index (χ1v) is 7.77. The molecule has 1 heterocycles. The lowest BCUT2D eigenvalue weighted by Crippen LogP contribution is -2.38. The van der Waals surface area contributed by atoms with Crippen LogP contribution in [0.15, 0.2) is 23.3 Å². The molecule has 0 aliphatic carbocycles. The number of pyridine rings is 1. The zero-order valence-electron chi connectivity index (χ0n) is 13.2. The predicted molar refractivity (Wildman–Crippen MR) is 90.1 cm³/mol. The van der Waals surface area contributed by atoms with E-state index >= 15 is 0 Å². The Balaban J connectivity index is 2.32. The first-order chi connectivity index (χ1) is 10.1. The molecule has 0 fully saturated rings. The molecule has 0 spiro atoms. The molecule has 0 aliphatic rings. The van der Waals surface area contributed by atoms with Gasteiger partial charge in [0.1, 0.15) is 5.15 Å². The minimum Gasteiger partial charge on any atom is -0.357 e. The molecule has 0 saturated heterocycles. The van der Waals surface area contributed by atoms with Crippen molar-refractivity contribution >= 4 is 17.6 Å². The van der Waals surface area contributed by atoms with Crippen molar-refractivity contribution in [1.82, 2.24) is 20.5 Å². The average molecular weight is 312 g/mol. The summed E-state index contributed by atoms with van der Waals surface area (Å²) in [6.07, 6.45) is 3.77. The lowest BCUT2D eigenvalue weighted by molar-refractivity contribution is 0.403. The van der Waals surface area contributed by atoms with Crippen LogP contribution in [0.4, 0.5) is 0 Å². The molecule has 5 nitrogen and oxygen atoms in total. The molecule has 0 aromatic carbocycles. The van der Waals surface area contributed by atoms with Crippen molar-refractivity contribution in [2.75, 3.05) is 40.3 Å². The highest BCUT2D eigenvalue weighted by Crippen LogP contribution is 2.05. The van der Waals surface area contributed by atoms with E-state index in [1.54, 1.807) is 0 Å². The summed E-state index contributed by atoms with van der Waals surface area (Å²) in [5, 5.41) is 7.12. The Morgan fingerprint density at radius 1 is 1.33 bits per heavy atom. The normalized spacial score (nSPS) is 11.8. The molecule has 1 aromatic heterocycles. The van der Waals surface area contributed by atoms with Crippen molar-refractivity contribution in [1.29, 1.82) is 0 Å². The molecule has 6 heteroatoms. The van der Waals surface area contributed by atoms with Crippen LogP contribution in [0.2, 0.25) is 5.15 Å². The van der Waals surface area contributed by atoms with Crippen molar-refractivity contribution in [3.8, 4) is 0 Å². The fourth-order valence-corrected chi connectivity index (χ4v) is 1.91. The second-order valence-corrected chi connectivity index (χ2v) is 5.47. The predicted octanol–water partition coefficient (Wildman–Crippen LogP) is 1.78. The van der Waals surface area contributed by atoms with Gasteiger partial charge in [-0.3, -0.25) is 4.99 Å². The summed E-state index contributed by atoms with van der Waals surface area (Å²) < 4.78 is 0. The number of halogens is 1. The van der Waals surface area contributed by atoms with Crippen LogP contribution in [0.5, 0.6) is 0 Å².